The molecule has 1 aliphatic rings. The van der Waals surface area contributed by atoms with Gasteiger partial charge in [0.05, 0.1) is 31.6 Å². The van der Waals surface area contributed by atoms with Gasteiger partial charge in [-0.3, -0.25) is 4.79 Å². The van der Waals surface area contributed by atoms with E-state index in [9.17, 15) is 14.7 Å². The Balaban J connectivity index is 2.09. The first kappa shape index (κ1) is 18.2. The SMILES string of the molecule is COC(=O)c1c(OCc2ccccc2)c(=O)cc2n1C(CO)CC2OC. The van der Waals surface area contributed by atoms with Crippen molar-refractivity contribution in [3.05, 3.63) is 63.6 Å². The van der Waals surface area contributed by atoms with Crippen LogP contribution in [0.5, 0.6) is 5.75 Å². The van der Waals surface area contributed by atoms with Crippen molar-refractivity contribution in [1.29, 1.82) is 0 Å². The summed E-state index contributed by atoms with van der Waals surface area (Å²) in [5.74, 6) is -0.776. The van der Waals surface area contributed by atoms with Gasteiger partial charge in [0.15, 0.2) is 11.4 Å². The van der Waals surface area contributed by atoms with Crippen LogP contribution in [-0.4, -0.2) is 36.5 Å². The zero-order valence-corrected chi connectivity index (χ0v) is 14.7. The number of ether oxygens (including phenoxy) is 3. The van der Waals surface area contributed by atoms with Gasteiger partial charge < -0.3 is 23.9 Å². The number of fused-ring (bicyclic) bond motifs is 1. The van der Waals surface area contributed by atoms with Crippen molar-refractivity contribution >= 4 is 5.97 Å². The van der Waals surface area contributed by atoms with E-state index in [2.05, 4.69) is 0 Å². The second-order valence-corrected chi connectivity index (χ2v) is 6.04. The fraction of sp³-hybridized carbons (Fsp3) is 0.368. The number of nitrogens with zero attached hydrogens (tertiary/aromatic N) is 1. The summed E-state index contributed by atoms with van der Waals surface area (Å²) in [6.07, 6.45) is 0.0740. The van der Waals surface area contributed by atoms with Gasteiger partial charge in [0.2, 0.25) is 5.43 Å². The van der Waals surface area contributed by atoms with Gasteiger partial charge in [-0.2, -0.15) is 0 Å². The quantitative estimate of drug-likeness (QED) is 0.792. The highest BCUT2D eigenvalue weighted by Crippen LogP contribution is 2.38. The molecule has 7 heteroatoms. The molecule has 1 aromatic heterocycles. The summed E-state index contributed by atoms with van der Waals surface area (Å²) >= 11 is 0. The number of pyridine rings is 1. The van der Waals surface area contributed by atoms with Crippen molar-refractivity contribution in [1.82, 2.24) is 4.57 Å². The van der Waals surface area contributed by atoms with Crippen molar-refractivity contribution in [2.45, 2.75) is 25.2 Å². The van der Waals surface area contributed by atoms with Crippen LogP contribution in [0.3, 0.4) is 0 Å². The molecule has 2 unspecified atom stereocenters. The van der Waals surface area contributed by atoms with Gasteiger partial charge in [-0.1, -0.05) is 30.3 Å². The Hall–Kier alpha value is -2.64. The monoisotopic (exact) mass is 359 g/mol. The molecule has 1 aromatic carbocycles. The largest absolute Gasteiger partial charge is 0.482 e. The number of hydrogen-bond acceptors (Lipinski definition) is 6. The molecule has 7 nitrogen and oxygen atoms in total. The Bertz CT molecular complexity index is 845. The van der Waals surface area contributed by atoms with Crippen LogP contribution in [0.1, 0.15) is 40.3 Å². The molecule has 0 spiro atoms. The van der Waals surface area contributed by atoms with Crippen LogP contribution >= 0.6 is 0 Å². The summed E-state index contributed by atoms with van der Waals surface area (Å²) in [6.45, 7) is -0.0607. The Morgan fingerprint density at radius 1 is 1.27 bits per heavy atom. The Kier molecular flexibility index (Phi) is 5.39. The van der Waals surface area contributed by atoms with E-state index < -0.39 is 17.4 Å². The molecule has 0 aliphatic carbocycles. The Morgan fingerprint density at radius 3 is 2.62 bits per heavy atom. The summed E-state index contributed by atoms with van der Waals surface area (Å²) in [5, 5.41) is 9.73. The number of hydrogen-bond donors (Lipinski definition) is 1. The average Bonchev–Trinajstić information content (AvgIpc) is 3.03. The number of carbonyl (C=O) groups is 1. The van der Waals surface area contributed by atoms with Gasteiger partial charge in [0.25, 0.3) is 0 Å². The zero-order chi connectivity index (χ0) is 18.7. The van der Waals surface area contributed by atoms with Gasteiger partial charge in [-0.05, 0) is 5.56 Å². The summed E-state index contributed by atoms with van der Waals surface area (Å²) < 4.78 is 17.6. The van der Waals surface area contributed by atoms with Gasteiger partial charge in [0.1, 0.15) is 6.61 Å². The van der Waals surface area contributed by atoms with E-state index in [1.807, 2.05) is 30.3 Å². The second-order valence-electron chi connectivity index (χ2n) is 6.04. The van der Waals surface area contributed by atoms with Crippen LogP contribution in [-0.2, 0) is 16.1 Å². The van der Waals surface area contributed by atoms with Crippen molar-refractivity contribution < 1.29 is 24.1 Å². The lowest BCUT2D eigenvalue weighted by atomic mass is 10.1. The maximum Gasteiger partial charge on any atom is 0.358 e. The maximum absolute atomic E-state index is 12.6. The minimum absolute atomic E-state index is 0.00420. The van der Waals surface area contributed by atoms with Gasteiger partial charge in [0, 0.05) is 19.6 Å². The summed E-state index contributed by atoms with van der Waals surface area (Å²) in [4.78, 5) is 25.1. The van der Waals surface area contributed by atoms with Crippen molar-refractivity contribution in [3.63, 3.8) is 0 Å². The molecule has 0 fully saturated rings. The Labute approximate surface area is 150 Å². The lowest BCUT2D eigenvalue weighted by Gasteiger charge is -2.19. The molecular formula is C19H21NO6. The highest BCUT2D eigenvalue weighted by atomic mass is 16.5. The van der Waals surface area contributed by atoms with Crippen LogP contribution in [0, 0.1) is 0 Å². The summed E-state index contributed by atoms with van der Waals surface area (Å²) in [6, 6.07) is 10.3. The molecule has 1 aliphatic heterocycles. The third-order valence-electron chi connectivity index (χ3n) is 4.52. The number of aromatic nitrogens is 1. The minimum atomic E-state index is -0.692. The van der Waals surface area contributed by atoms with Crippen LogP contribution < -0.4 is 10.2 Å². The number of carbonyl (C=O) groups excluding carboxylic acids is 1. The molecule has 0 saturated carbocycles. The van der Waals surface area contributed by atoms with E-state index in [-0.39, 0.29) is 30.8 Å². The molecule has 3 rings (SSSR count). The topological polar surface area (TPSA) is 87.0 Å². The van der Waals surface area contributed by atoms with Gasteiger partial charge in [-0.15, -0.1) is 0 Å². The highest BCUT2D eigenvalue weighted by Gasteiger charge is 2.36. The standard InChI is InChI=1S/C19H21NO6/c1-24-16-8-13(10-21)20-14(16)9-15(22)18(17(20)19(23)25-2)26-11-12-6-4-3-5-7-12/h3-7,9,13,16,21H,8,10-11H2,1-2H3. The number of aliphatic hydroxyl groups excluding tert-OH is 1. The molecule has 2 heterocycles. The molecule has 0 saturated heterocycles. The fourth-order valence-corrected chi connectivity index (χ4v) is 3.27. The smallest absolute Gasteiger partial charge is 0.358 e. The summed E-state index contributed by atoms with van der Waals surface area (Å²) in [5.41, 5.74) is 0.975. The number of rotatable bonds is 6. The van der Waals surface area contributed by atoms with E-state index in [0.29, 0.717) is 12.1 Å². The summed E-state index contributed by atoms with van der Waals surface area (Å²) in [7, 11) is 2.77. The van der Waals surface area contributed by atoms with E-state index >= 15 is 0 Å². The lowest BCUT2D eigenvalue weighted by molar-refractivity contribution is 0.0575. The average molecular weight is 359 g/mol. The van der Waals surface area contributed by atoms with Crippen molar-refractivity contribution in [3.8, 4) is 5.75 Å². The maximum atomic E-state index is 12.6. The van der Waals surface area contributed by atoms with Crippen molar-refractivity contribution in [2.75, 3.05) is 20.8 Å². The van der Waals surface area contributed by atoms with Crippen LogP contribution in [0.4, 0.5) is 0 Å². The second kappa shape index (κ2) is 7.72. The molecule has 0 amide bonds. The highest BCUT2D eigenvalue weighted by molar-refractivity contribution is 5.90. The van der Waals surface area contributed by atoms with Crippen LogP contribution in [0.15, 0.2) is 41.2 Å². The fourth-order valence-electron chi connectivity index (χ4n) is 3.27. The van der Waals surface area contributed by atoms with Gasteiger partial charge in [-0.25, -0.2) is 4.79 Å². The first-order valence-corrected chi connectivity index (χ1v) is 8.28. The zero-order valence-electron chi connectivity index (χ0n) is 14.7. The van der Waals surface area contributed by atoms with E-state index in [4.69, 9.17) is 14.2 Å². The predicted octanol–water partition coefficient (Wildman–Crippen LogP) is 1.84. The van der Waals surface area contributed by atoms with E-state index in [0.717, 1.165) is 5.56 Å². The van der Waals surface area contributed by atoms with E-state index in [1.165, 1.54) is 20.3 Å². The number of esters is 1. The third kappa shape index (κ3) is 3.23. The van der Waals surface area contributed by atoms with E-state index in [1.54, 1.807) is 4.57 Å². The lowest BCUT2D eigenvalue weighted by Crippen LogP contribution is -2.25. The molecule has 0 radical (unpaired) electrons. The minimum Gasteiger partial charge on any atom is -0.482 e. The first-order chi connectivity index (χ1) is 12.6. The molecule has 0 bridgehead atoms. The molecular weight excluding hydrogens is 338 g/mol. The van der Waals surface area contributed by atoms with Crippen molar-refractivity contribution in [2.24, 2.45) is 0 Å². The molecule has 2 atom stereocenters. The first-order valence-electron chi connectivity index (χ1n) is 8.28. The Morgan fingerprint density at radius 2 is 2.00 bits per heavy atom. The van der Waals surface area contributed by atoms with Crippen LogP contribution in [0.25, 0.3) is 0 Å². The molecule has 2 aromatic rings. The molecule has 138 valence electrons. The van der Waals surface area contributed by atoms with Gasteiger partial charge >= 0.3 is 5.97 Å². The van der Waals surface area contributed by atoms with Crippen LogP contribution in [0.2, 0.25) is 0 Å². The third-order valence-corrected chi connectivity index (χ3v) is 4.52. The number of aliphatic hydroxyl groups is 1. The number of methoxy groups -OCH3 is 2. The molecule has 26 heavy (non-hydrogen) atoms. The predicted molar refractivity (Wildman–Crippen MR) is 93.3 cm³/mol. The number of benzene rings is 1. The molecule has 1 N–H and O–H groups in total. The normalized spacial score (nSPS) is 18.4.